The Morgan fingerprint density at radius 2 is 2.00 bits per heavy atom. The van der Waals surface area contributed by atoms with Crippen molar-refractivity contribution in [2.45, 2.75) is 39.2 Å². The Morgan fingerprint density at radius 3 is 2.50 bits per heavy atom. The molecule has 3 unspecified atom stereocenters. The number of carbonyl (C=O) groups is 2. The fourth-order valence-electron chi connectivity index (χ4n) is 2.66. The minimum Gasteiger partial charge on any atom is -0.459 e. The van der Waals surface area contributed by atoms with E-state index in [2.05, 4.69) is 12.2 Å². The molecule has 2 bridgehead atoms. The molecule has 0 heterocycles. The number of esters is 1. The van der Waals surface area contributed by atoms with Gasteiger partial charge >= 0.3 is 5.97 Å². The van der Waals surface area contributed by atoms with Gasteiger partial charge in [-0.2, -0.15) is 0 Å². The van der Waals surface area contributed by atoms with Crippen LogP contribution in [-0.4, -0.2) is 22.4 Å². The van der Waals surface area contributed by atoms with Gasteiger partial charge < -0.3 is 4.74 Å². The third kappa shape index (κ3) is 3.37. The van der Waals surface area contributed by atoms with Gasteiger partial charge in [0.2, 0.25) is 0 Å². The quantitative estimate of drug-likeness (QED) is 0.583. The van der Waals surface area contributed by atoms with Crippen molar-refractivity contribution in [2.24, 2.45) is 17.8 Å². The first-order chi connectivity index (χ1) is 8.35. The van der Waals surface area contributed by atoms with E-state index in [1.54, 1.807) is 0 Å². The molecule has 1 fully saturated rings. The van der Waals surface area contributed by atoms with Gasteiger partial charge in [-0.3, -0.25) is 9.59 Å². The molecule has 0 aliphatic heterocycles. The van der Waals surface area contributed by atoms with Crippen LogP contribution in [0.25, 0.3) is 0 Å². The highest BCUT2D eigenvalue weighted by atomic mass is 32.2. The van der Waals surface area contributed by atoms with Crippen molar-refractivity contribution in [3.8, 4) is 0 Å². The molecule has 0 aromatic heterocycles. The Kier molecular flexibility index (Phi) is 3.85. The highest BCUT2D eigenvalue weighted by molar-refractivity contribution is 8.14. The van der Waals surface area contributed by atoms with Crippen LogP contribution in [0.2, 0.25) is 0 Å². The van der Waals surface area contributed by atoms with Crippen LogP contribution in [0.15, 0.2) is 12.2 Å². The summed E-state index contributed by atoms with van der Waals surface area (Å²) in [7, 11) is 0. The van der Waals surface area contributed by atoms with E-state index in [1.807, 2.05) is 20.8 Å². The number of hydrogen-bond donors (Lipinski definition) is 0. The van der Waals surface area contributed by atoms with Crippen LogP contribution in [0.3, 0.4) is 0 Å². The summed E-state index contributed by atoms with van der Waals surface area (Å²) in [5.41, 5.74) is -0.476. The smallest absolute Gasteiger partial charge is 0.316 e. The zero-order valence-corrected chi connectivity index (χ0v) is 12.0. The largest absolute Gasteiger partial charge is 0.459 e. The second-order valence-corrected chi connectivity index (χ2v) is 7.06. The third-order valence-corrected chi connectivity index (χ3v) is 4.30. The Morgan fingerprint density at radius 1 is 1.28 bits per heavy atom. The van der Waals surface area contributed by atoms with Crippen molar-refractivity contribution in [1.29, 1.82) is 0 Å². The van der Waals surface area contributed by atoms with E-state index in [4.69, 9.17) is 4.74 Å². The van der Waals surface area contributed by atoms with Gasteiger partial charge in [0.25, 0.3) is 0 Å². The number of hydrogen-bond acceptors (Lipinski definition) is 4. The molecular formula is C14H20O3S. The Balaban J connectivity index is 1.76. The van der Waals surface area contributed by atoms with E-state index in [9.17, 15) is 9.59 Å². The lowest BCUT2D eigenvalue weighted by Gasteiger charge is -2.20. The molecule has 2 aliphatic rings. The van der Waals surface area contributed by atoms with Gasteiger partial charge in [-0.25, -0.2) is 0 Å². The van der Waals surface area contributed by atoms with Crippen LogP contribution in [-0.2, 0) is 14.3 Å². The summed E-state index contributed by atoms with van der Waals surface area (Å²) in [5.74, 6) is 0.944. The SMILES string of the molecule is CC(C)(C)OC(=O)CSC(=O)C1CC2C=CC1C2. The minimum absolute atomic E-state index is 0.118. The molecule has 0 saturated heterocycles. The Labute approximate surface area is 112 Å². The predicted octanol–water partition coefficient (Wildman–Crippen LogP) is 2.80. The fraction of sp³-hybridized carbons (Fsp3) is 0.714. The number of rotatable bonds is 3. The van der Waals surface area contributed by atoms with Crippen molar-refractivity contribution < 1.29 is 14.3 Å². The molecule has 0 spiro atoms. The molecule has 0 amide bonds. The average molecular weight is 268 g/mol. The number of fused-ring (bicyclic) bond motifs is 2. The zero-order chi connectivity index (χ0) is 13.3. The van der Waals surface area contributed by atoms with Gasteiger partial charge in [0, 0.05) is 5.92 Å². The van der Waals surface area contributed by atoms with E-state index in [0.29, 0.717) is 11.8 Å². The van der Waals surface area contributed by atoms with Crippen LogP contribution in [0.1, 0.15) is 33.6 Å². The van der Waals surface area contributed by atoms with E-state index in [1.165, 1.54) is 0 Å². The van der Waals surface area contributed by atoms with Crippen molar-refractivity contribution in [2.75, 3.05) is 5.75 Å². The van der Waals surface area contributed by atoms with Crippen molar-refractivity contribution in [3.05, 3.63) is 12.2 Å². The summed E-state index contributed by atoms with van der Waals surface area (Å²) >= 11 is 1.11. The number of thioether (sulfide) groups is 1. The van der Waals surface area contributed by atoms with Crippen LogP contribution in [0.5, 0.6) is 0 Å². The van der Waals surface area contributed by atoms with Crippen LogP contribution in [0, 0.1) is 17.8 Å². The van der Waals surface area contributed by atoms with Crippen LogP contribution >= 0.6 is 11.8 Å². The standard InChI is InChI=1S/C14H20O3S/c1-14(2,3)17-12(15)8-18-13(16)11-7-9-4-5-10(11)6-9/h4-5,9-11H,6-8H2,1-3H3. The first kappa shape index (κ1) is 13.7. The van der Waals surface area contributed by atoms with Gasteiger partial charge in [0.1, 0.15) is 5.60 Å². The minimum atomic E-state index is -0.476. The second kappa shape index (κ2) is 5.08. The molecular weight excluding hydrogens is 248 g/mol. The molecule has 18 heavy (non-hydrogen) atoms. The molecule has 3 nitrogen and oxygen atoms in total. The van der Waals surface area contributed by atoms with Crippen molar-refractivity contribution >= 4 is 22.8 Å². The number of ether oxygens (including phenoxy) is 1. The number of allylic oxidation sites excluding steroid dienone is 2. The first-order valence-corrected chi connectivity index (χ1v) is 7.40. The zero-order valence-electron chi connectivity index (χ0n) is 11.1. The van der Waals surface area contributed by atoms with Gasteiger partial charge in [-0.05, 0) is 45.4 Å². The van der Waals surface area contributed by atoms with Gasteiger partial charge in [0.05, 0.1) is 5.75 Å². The Hall–Kier alpha value is -0.770. The summed E-state index contributed by atoms with van der Waals surface area (Å²) in [5, 5.41) is 0.151. The molecule has 3 atom stereocenters. The topological polar surface area (TPSA) is 43.4 Å². The maximum atomic E-state index is 12.0. The Bertz CT molecular complexity index is 381. The van der Waals surface area contributed by atoms with E-state index in [-0.39, 0.29) is 22.8 Å². The normalized spacial score (nSPS) is 29.6. The molecule has 100 valence electrons. The molecule has 1 saturated carbocycles. The maximum absolute atomic E-state index is 12.0. The monoisotopic (exact) mass is 268 g/mol. The molecule has 0 aromatic carbocycles. The lowest BCUT2D eigenvalue weighted by Crippen LogP contribution is -2.26. The van der Waals surface area contributed by atoms with E-state index in [0.717, 1.165) is 24.6 Å². The molecule has 4 heteroatoms. The van der Waals surface area contributed by atoms with Crippen molar-refractivity contribution in [3.63, 3.8) is 0 Å². The van der Waals surface area contributed by atoms with Crippen LogP contribution in [0.4, 0.5) is 0 Å². The summed E-state index contributed by atoms with van der Waals surface area (Å²) in [6.45, 7) is 5.49. The lowest BCUT2D eigenvalue weighted by atomic mass is 9.95. The summed E-state index contributed by atoms with van der Waals surface area (Å²) in [6.07, 6.45) is 6.45. The highest BCUT2D eigenvalue weighted by Crippen LogP contribution is 2.45. The number of carbonyl (C=O) groups excluding carboxylic acids is 2. The van der Waals surface area contributed by atoms with Crippen LogP contribution < -0.4 is 0 Å². The van der Waals surface area contributed by atoms with E-state index >= 15 is 0 Å². The third-order valence-electron chi connectivity index (χ3n) is 3.33. The molecule has 2 rings (SSSR count). The molecule has 0 radical (unpaired) electrons. The summed E-state index contributed by atoms with van der Waals surface area (Å²) in [6, 6.07) is 0. The molecule has 2 aliphatic carbocycles. The van der Waals surface area contributed by atoms with E-state index < -0.39 is 5.60 Å². The van der Waals surface area contributed by atoms with Crippen molar-refractivity contribution in [1.82, 2.24) is 0 Å². The molecule has 0 aromatic rings. The lowest BCUT2D eigenvalue weighted by molar-refractivity contribution is -0.151. The highest BCUT2D eigenvalue weighted by Gasteiger charge is 2.39. The molecule has 0 N–H and O–H groups in total. The summed E-state index contributed by atoms with van der Waals surface area (Å²) in [4.78, 5) is 23.6. The summed E-state index contributed by atoms with van der Waals surface area (Å²) < 4.78 is 5.19. The van der Waals surface area contributed by atoms with Gasteiger partial charge in [-0.1, -0.05) is 23.9 Å². The maximum Gasteiger partial charge on any atom is 0.316 e. The van der Waals surface area contributed by atoms with Gasteiger partial charge in [-0.15, -0.1) is 0 Å². The first-order valence-electron chi connectivity index (χ1n) is 6.42. The fourth-order valence-corrected chi connectivity index (χ4v) is 3.46. The average Bonchev–Trinajstić information content (AvgIpc) is 2.84. The second-order valence-electron chi connectivity index (χ2n) is 6.08. The van der Waals surface area contributed by atoms with Gasteiger partial charge in [0.15, 0.2) is 5.12 Å². The predicted molar refractivity (Wildman–Crippen MR) is 72.2 cm³/mol.